The van der Waals surface area contributed by atoms with E-state index in [4.69, 9.17) is 4.74 Å². The molecule has 0 rings (SSSR count). The van der Waals surface area contributed by atoms with Crippen LogP contribution in [0.5, 0.6) is 0 Å². The lowest BCUT2D eigenvalue weighted by atomic mass is 10.4. The summed E-state index contributed by atoms with van der Waals surface area (Å²) in [6, 6.07) is 0. The molecule has 0 radical (unpaired) electrons. The molecule has 0 heterocycles. The van der Waals surface area contributed by atoms with Crippen LogP contribution in [0.4, 0.5) is 0 Å². The SMILES string of the molecule is CCCCPCOC. The Bertz CT molecular complexity index is 33.5. The highest BCUT2D eigenvalue weighted by atomic mass is 31.1. The third-order valence-corrected chi connectivity index (χ3v) is 2.15. The van der Waals surface area contributed by atoms with Crippen LogP contribution in [0.1, 0.15) is 19.8 Å². The van der Waals surface area contributed by atoms with Gasteiger partial charge in [0, 0.05) is 7.11 Å². The van der Waals surface area contributed by atoms with Gasteiger partial charge in [0.2, 0.25) is 0 Å². The normalized spacial score (nSPS) is 11.2. The molecule has 0 aliphatic carbocycles. The van der Waals surface area contributed by atoms with Crippen molar-refractivity contribution in [2.45, 2.75) is 19.8 Å². The Kier molecular flexibility index (Phi) is 7.75. The Morgan fingerprint density at radius 3 is 2.75 bits per heavy atom. The topological polar surface area (TPSA) is 9.23 Å². The lowest BCUT2D eigenvalue weighted by molar-refractivity contribution is 0.256. The maximum Gasteiger partial charge on any atom is 0.0627 e. The molecule has 0 bridgehead atoms. The van der Waals surface area contributed by atoms with E-state index in [0.717, 1.165) is 14.9 Å². The number of hydrogen-bond donors (Lipinski definition) is 0. The Morgan fingerprint density at radius 1 is 1.50 bits per heavy atom. The highest BCUT2D eigenvalue weighted by molar-refractivity contribution is 7.37. The third kappa shape index (κ3) is 6.39. The molecule has 2 heteroatoms. The van der Waals surface area contributed by atoms with Crippen molar-refractivity contribution >= 4 is 8.58 Å². The largest absolute Gasteiger partial charge is 0.380 e. The molecule has 0 aliphatic rings. The standard InChI is InChI=1S/C6H15OP/c1-3-4-5-8-6-7-2/h8H,3-6H2,1-2H3. The third-order valence-electron chi connectivity index (χ3n) is 0.954. The zero-order chi connectivity index (χ0) is 6.24. The van der Waals surface area contributed by atoms with Gasteiger partial charge in [-0.3, -0.25) is 0 Å². The first-order valence-corrected chi connectivity index (χ1v) is 4.53. The monoisotopic (exact) mass is 134 g/mol. The van der Waals surface area contributed by atoms with E-state index < -0.39 is 0 Å². The minimum absolute atomic E-state index is 0.958. The van der Waals surface area contributed by atoms with E-state index in [-0.39, 0.29) is 0 Å². The number of hydrogen-bond acceptors (Lipinski definition) is 1. The molecule has 1 nitrogen and oxygen atoms in total. The smallest absolute Gasteiger partial charge is 0.0627 e. The molecular weight excluding hydrogens is 119 g/mol. The Morgan fingerprint density at radius 2 is 2.25 bits per heavy atom. The van der Waals surface area contributed by atoms with Crippen LogP contribution in [0.3, 0.4) is 0 Å². The van der Waals surface area contributed by atoms with Gasteiger partial charge in [-0.15, -0.1) is 0 Å². The molecule has 0 spiro atoms. The summed E-state index contributed by atoms with van der Waals surface area (Å²) in [6.07, 6.45) is 4.99. The van der Waals surface area contributed by atoms with E-state index in [9.17, 15) is 0 Å². The number of rotatable bonds is 5. The number of methoxy groups -OCH3 is 1. The predicted molar refractivity (Wildman–Crippen MR) is 40.0 cm³/mol. The molecule has 0 aliphatic heterocycles. The molecule has 0 N–H and O–H groups in total. The second-order valence-electron chi connectivity index (χ2n) is 1.79. The quantitative estimate of drug-likeness (QED) is 0.413. The molecule has 0 amide bonds. The van der Waals surface area contributed by atoms with E-state index in [2.05, 4.69) is 6.92 Å². The highest BCUT2D eigenvalue weighted by Gasteiger charge is 1.82. The maximum absolute atomic E-state index is 4.90. The Hall–Kier alpha value is 0.390. The van der Waals surface area contributed by atoms with Crippen LogP contribution >= 0.6 is 8.58 Å². The Labute approximate surface area is 53.6 Å². The van der Waals surface area contributed by atoms with Gasteiger partial charge in [0.25, 0.3) is 0 Å². The average Bonchev–Trinajstić information content (AvgIpc) is 1.81. The van der Waals surface area contributed by atoms with Crippen molar-refractivity contribution in [3.8, 4) is 0 Å². The van der Waals surface area contributed by atoms with Gasteiger partial charge in [0.15, 0.2) is 0 Å². The van der Waals surface area contributed by atoms with Crippen LogP contribution in [0, 0.1) is 0 Å². The fourth-order valence-electron chi connectivity index (χ4n) is 0.476. The molecule has 0 fully saturated rings. The summed E-state index contributed by atoms with van der Waals surface area (Å²) < 4.78 is 4.90. The molecule has 1 atom stereocenters. The molecule has 0 saturated carbocycles. The predicted octanol–water partition coefficient (Wildman–Crippen LogP) is 2.07. The first-order valence-electron chi connectivity index (χ1n) is 3.11. The molecule has 8 heavy (non-hydrogen) atoms. The second-order valence-corrected chi connectivity index (χ2v) is 3.08. The summed E-state index contributed by atoms with van der Waals surface area (Å²) in [5, 5.41) is 0. The summed E-state index contributed by atoms with van der Waals surface area (Å²) in [4.78, 5) is 0. The highest BCUT2D eigenvalue weighted by Crippen LogP contribution is 2.10. The summed E-state index contributed by atoms with van der Waals surface area (Å²) >= 11 is 0. The van der Waals surface area contributed by atoms with Crippen molar-refractivity contribution in [2.75, 3.05) is 19.6 Å². The van der Waals surface area contributed by atoms with E-state index in [1.165, 1.54) is 19.0 Å². The average molecular weight is 134 g/mol. The van der Waals surface area contributed by atoms with Gasteiger partial charge in [-0.05, 0) is 12.6 Å². The molecule has 0 saturated heterocycles. The fraction of sp³-hybridized carbons (Fsp3) is 1.00. The van der Waals surface area contributed by atoms with E-state index >= 15 is 0 Å². The summed E-state index contributed by atoms with van der Waals surface area (Å²) in [5.41, 5.74) is 0. The second kappa shape index (κ2) is 7.39. The van der Waals surface area contributed by atoms with Gasteiger partial charge < -0.3 is 4.74 Å². The molecule has 0 aromatic heterocycles. The minimum atomic E-state index is 0.958. The molecular formula is C6H15OP. The van der Waals surface area contributed by atoms with Gasteiger partial charge in [0.05, 0.1) is 6.35 Å². The van der Waals surface area contributed by atoms with Crippen molar-refractivity contribution in [1.29, 1.82) is 0 Å². The van der Waals surface area contributed by atoms with Crippen LogP contribution < -0.4 is 0 Å². The van der Waals surface area contributed by atoms with Crippen LogP contribution in [0.15, 0.2) is 0 Å². The lowest BCUT2D eigenvalue weighted by Crippen LogP contribution is -1.80. The lowest BCUT2D eigenvalue weighted by Gasteiger charge is -1.95. The van der Waals surface area contributed by atoms with Crippen LogP contribution in [-0.2, 0) is 4.74 Å². The van der Waals surface area contributed by atoms with Crippen molar-refractivity contribution < 1.29 is 4.74 Å². The molecule has 50 valence electrons. The van der Waals surface area contributed by atoms with Crippen LogP contribution in [0.25, 0.3) is 0 Å². The van der Waals surface area contributed by atoms with Crippen molar-refractivity contribution in [3.63, 3.8) is 0 Å². The van der Waals surface area contributed by atoms with Crippen molar-refractivity contribution in [1.82, 2.24) is 0 Å². The Balaban J connectivity index is 2.53. The molecule has 1 unspecified atom stereocenters. The first-order chi connectivity index (χ1) is 3.91. The van der Waals surface area contributed by atoms with E-state index in [0.29, 0.717) is 0 Å². The van der Waals surface area contributed by atoms with Gasteiger partial charge in [0.1, 0.15) is 0 Å². The van der Waals surface area contributed by atoms with Crippen molar-refractivity contribution in [2.24, 2.45) is 0 Å². The zero-order valence-electron chi connectivity index (χ0n) is 5.74. The van der Waals surface area contributed by atoms with E-state index in [1.54, 1.807) is 7.11 Å². The molecule has 0 aromatic carbocycles. The fourth-order valence-corrected chi connectivity index (χ4v) is 1.43. The minimum Gasteiger partial charge on any atom is -0.380 e. The van der Waals surface area contributed by atoms with Crippen molar-refractivity contribution in [3.05, 3.63) is 0 Å². The number of ether oxygens (including phenoxy) is 1. The van der Waals surface area contributed by atoms with Gasteiger partial charge >= 0.3 is 0 Å². The molecule has 0 aromatic rings. The maximum atomic E-state index is 4.90. The summed E-state index contributed by atoms with van der Waals surface area (Å²) in [6.45, 7) is 2.22. The van der Waals surface area contributed by atoms with Crippen LogP contribution in [0.2, 0.25) is 0 Å². The first kappa shape index (κ1) is 8.39. The zero-order valence-corrected chi connectivity index (χ0v) is 6.74. The summed E-state index contributed by atoms with van der Waals surface area (Å²) in [7, 11) is 2.78. The van der Waals surface area contributed by atoms with E-state index in [1.807, 2.05) is 0 Å². The van der Waals surface area contributed by atoms with Gasteiger partial charge in [-0.2, -0.15) is 0 Å². The summed E-state index contributed by atoms with van der Waals surface area (Å²) in [5.74, 6) is 0. The van der Waals surface area contributed by atoms with Gasteiger partial charge in [-0.1, -0.05) is 21.9 Å². The number of unbranched alkanes of at least 4 members (excludes halogenated alkanes) is 1. The van der Waals surface area contributed by atoms with Gasteiger partial charge in [-0.25, -0.2) is 0 Å². The van der Waals surface area contributed by atoms with Crippen LogP contribution in [-0.4, -0.2) is 19.6 Å².